The molecular weight excluding hydrogens is 358 g/mol. The zero-order valence-corrected chi connectivity index (χ0v) is 15.2. The molecule has 0 saturated heterocycles. The van der Waals surface area contributed by atoms with Crippen LogP contribution in [-0.2, 0) is 22.6 Å². The first-order valence-corrected chi connectivity index (χ1v) is 9.50. The van der Waals surface area contributed by atoms with E-state index in [9.17, 15) is 9.59 Å². The van der Waals surface area contributed by atoms with E-state index in [1.54, 1.807) is 36.7 Å². The van der Waals surface area contributed by atoms with Crippen LogP contribution in [0.5, 0.6) is 0 Å². The molecule has 3 aromatic rings. The fraction of sp³-hybridized carbons (Fsp3) is 0.235. The predicted octanol–water partition coefficient (Wildman–Crippen LogP) is 2.83. The number of hydrogen-bond donors (Lipinski definition) is 2. The Morgan fingerprint density at radius 1 is 1.32 bits per heavy atom. The quantitative estimate of drug-likeness (QED) is 0.665. The van der Waals surface area contributed by atoms with E-state index < -0.39 is 6.04 Å². The van der Waals surface area contributed by atoms with Crippen molar-refractivity contribution in [2.75, 3.05) is 0 Å². The van der Waals surface area contributed by atoms with Crippen molar-refractivity contribution in [3.05, 3.63) is 52.1 Å². The average Bonchev–Trinajstić information content (AvgIpc) is 3.33. The first kappa shape index (κ1) is 17.4. The van der Waals surface area contributed by atoms with Gasteiger partial charge in [0, 0.05) is 16.3 Å². The third-order valence-corrected chi connectivity index (χ3v) is 5.07. The van der Waals surface area contributed by atoms with E-state index in [1.807, 2.05) is 22.2 Å². The molecule has 3 rings (SSSR count). The Hall–Kier alpha value is -2.45. The van der Waals surface area contributed by atoms with Gasteiger partial charge in [-0.3, -0.25) is 9.59 Å². The predicted molar refractivity (Wildman–Crippen MR) is 97.3 cm³/mol. The van der Waals surface area contributed by atoms with Crippen LogP contribution in [-0.4, -0.2) is 22.8 Å². The highest BCUT2D eigenvalue weighted by molar-refractivity contribution is 7.14. The Morgan fingerprint density at radius 3 is 2.92 bits per heavy atom. The molecular formula is C17H17N3O3S2. The molecule has 130 valence electrons. The highest BCUT2D eigenvalue weighted by Gasteiger charge is 2.17. The zero-order chi connectivity index (χ0) is 17.6. The van der Waals surface area contributed by atoms with E-state index >= 15 is 0 Å². The van der Waals surface area contributed by atoms with Crippen LogP contribution in [0.4, 0.5) is 0 Å². The van der Waals surface area contributed by atoms with Gasteiger partial charge in [-0.05, 0) is 30.5 Å². The van der Waals surface area contributed by atoms with Crippen molar-refractivity contribution in [3.8, 4) is 10.6 Å². The second kappa shape index (κ2) is 8.09. The zero-order valence-electron chi connectivity index (χ0n) is 13.5. The third-order valence-electron chi connectivity index (χ3n) is 3.45. The van der Waals surface area contributed by atoms with Gasteiger partial charge in [-0.1, -0.05) is 0 Å². The molecule has 2 amide bonds. The van der Waals surface area contributed by atoms with E-state index in [0.717, 1.165) is 10.6 Å². The molecule has 0 aromatic carbocycles. The molecule has 0 saturated carbocycles. The molecule has 0 fully saturated rings. The van der Waals surface area contributed by atoms with Gasteiger partial charge in [-0.2, -0.15) is 11.3 Å². The number of hydrogen-bond acceptors (Lipinski definition) is 6. The number of amides is 2. The molecule has 0 aliphatic rings. The summed E-state index contributed by atoms with van der Waals surface area (Å²) in [5.74, 6) is 0.167. The summed E-state index contributed by atoms with van der Waals surface area (Å²) in [6.07, 6.45) is 1.70. The first-order chi connectivity index (χ1) is 12.1. The summed E-state index contributed by atoms with van der Waals surface area (Å²) < 4.78 is 5.15. The van der Waals surface area contributed by atoms with Crippen molar-refractivity contribution in [2.24, 2.45) is 0 Å². The largest absolute Gasteiger partial charge is 0.467 e. The monoisotopic (exact) mass is 375 g/mol. The van der Waals surface area contributed by atoms with Gasteiger partial charge in [0.1, 0.15) is 16.8 Å². The molecule has 0 aliphatic heterocycles. The van der Waals surface area contributed by atoms with Crippen molar-refractivity contribution in [1.29, 1.82) is 0 Å². The molecule has 25 heavy (non-hydrogen) atoms. The topological polar surface area (TPSA) is 84.2 Å². The van der Waals surface area contributed by atoms with Gasteiger partial charge < -0.3 is 15.1 Å². The number of thiazole rings is 1. The van der Waals surface area contributed by atoms with Crippen molar-refractivity contribution in [1.82, 2.24) is 15.6 Å². The number of rotatable bonds is 7. The molecule has 6 nitrogen and oxygen atoms in total. The number of nitrogens with one attached hydrogen (secondary N) is 2. The maximum atomic E-state index is 12.1. The molecule has 0 bridgehead atoms. The van der Waals surface area contributed by atoms with Crippen LogP contribution in [0.15, 0.2) is 45.0 Å². The smallest absolute Gasteiger partial charge is 0.242 e. The number of aromatic nitrogens is 1. The maximum Gasteiger partial charge on any atom is 0.242 e. The van der Waals surface area contributed by atoms with Crippen LogP contribution in [0, 0.1) is 0 Å². The molecule has 8 heteroatoms. The van der Waals surface area contributed by atoms with Gasteiger partial charge in [0.2, 0.25) is 11.8 Å². The number of furan rings is 1. The Kier molecular flexibility index (Phi) is 5.62. The Morgan fingerprint density at radius 2 is 2.20 bits per heavy atom. The lowest BCUT2D eigenvalue weighted by molar-refractivity contribution is -0.128. The van der Waals surface area contributed by atoms with Gasteiger partial charge in [0.05, 0.1) is 24.9 Å². The summed E-state index contributed by atoms with van der Waals surface area (Å²) in [5, 5.41) is 12.2. The van der Waals surface area contributed by atoms with Crippen LogP contribution in [0.3, 0.4) is 0 Å². The Balaban J connectivity index is 1.47. The lowest BCUT2D eigenvalue weighted by Crippen LogP contribution is -2.45. The lowest BCUT2D eigenvalue weighted by Gasteiger charge is -2.13. The Bertz CT molecular complexity index is 825. The van der Waals surface area contributed by atoms with E-state index in [2.05, 4.69) is 15.6 Å². The highest BCUT2D eigenvalue weighted by Crippen LogP contribution is 2.25. The van der Waals surface area contributed by atoms with Gasteiger partial charge in [-0.15, -0.1) is 11.3 Å². The molecule has 0 radical (unpaired) electrons. The lowest BCUT2D eigenvalue weighted by atomic mass is 10.2. The molecule has 3 aromatic heterocycles. The minimum absolute atomic E-state index is 0.149. The maximum absolute atomic E-state index is 12.1. The van der Waals surface area contributed by atoms with Gasteiger partial charge in [0.25, 0.3) is 0 Å². The summed E-state index contributed by atoms with van der Waals surface area (Å²) in [5.41, 5.74) is 1.76. The SMILES string of the molecule is CC(NC(=O)Cc1csc(-c2ccsc2)n1)C(=O)NCc1ccco1. The molecule has 0 aliphatic carbocycles. The first-order valence-electron chi connectivity index (χ1n) is 7.68. The molecule has 1 atom stereocenters. The molecule has 1 unspecified atom stereocenters. The second-order valence-corrected chi connectivity index (χ2v) is 7.06. The third kappa shape index (κ3) is 4.77. The summed E-state index contributed by atoms with van der Waals surface area (Å²) in [6.45, 7) is 1.94. The Labute approximate surface area is 152 Å². The summed E-state index contributed by atoms with van der Waals surface area (Å²) in [7, 11) is 0. The van der Waals surface area contributed by atoms with Crippen LogP contribution in [0.2, 0.25) is 0 Å². The van der Waals surface area contributed by atoms with Gasteiger partial charge >= 0.3 is 0 Å². The van der Waals surface area contributed by atoms with Crippen LogP contribution in [0.25, 0.3) is 10.6 Å². The van der Waals surface area contributed by atoms with Crippen LogP contribution in [0.1, 0.15) is 18.4 Å². The highest BCUT2D eigenvalue weighted by atomic mass is 32.1. The van der Waals surface area contributed by atoms with E-state index in [1.165, 1.54) is 11.3 Å². The van der Waals surface area contributed by atoms with Crippen molar-refractivity contribution in [2.45, 2.75) is 25.9 Å². The van der Waals surface area contributed by atoms with E-state index in [4.69, 9.17) is 4.42 Å². The van der Waals surface area contributed by atoms with Crippen LogP contribution < -0.4 is 10.6 Å². The summed E-state index contributed by atoms with van der Waals surface area (Å²) >= 11 is 3.12. The number of thiophene rings is 1. The van der Waals surface area contributed by atoms with Crippen molar-refractivity contribution >= 4 is 34.5 Å². The van der Waals surface area contributed by atoms with E-state index in [-0.39, 0.29) is 18.2 Å². The summed E-state index contributed by atoms with van der Waals surface area (Å²) in [4.78, 5) is 28.6. The molecule has 0 spiro atoms. The fourth-order valence-electron chi connectivity index (χ4n) is 2.17. The molecule has 2 N–H and O–H groups in total. The minimum atomic E-state index is -0.627. The number of nitrogens with zero attached hydrogens (tertiary/aromatic N) is 1. The summed E-state index contributed by atoms with van der Waals surface area (Å²) in [6, 6.07) is 4.90. The second-order valence-electron chi connectivity index (χ2n) is 5.42. The van der Waals surface area contributed by atoms with Crippen molar-refractivity contribution < 1.29 is 14.0 Å². The number of carbonyl (C=O) groups is 2. The minimum Gasteiger partial charge on any atom is -0.467 e. The van der Waals surface area contributed by atoms with Crippen molar-refractivity contribution in [3.63, 3.8) is 0 Å². The molecule has 3 heterocycles. The number of carbonyl (C=O) groups excluding carboxylic acids is 2. The average molecular weight is 375 g/mol. The normalized spacial score (nSPS) is 11.9. The standard InChI is InChI=1S/C17H17N3O3S2/c1-11(16(22)18-8-14-3-2-5-23-14)19-15(21)7-13-10-25-17(20-13)12-4-6-24-9-12/h2-6,9-11H,7-8H2,1H3,(H,18,22)(H,19,21). The van der Waals surface area contributed by atoms with E-state index in [0.29, 0.717) is 18.0 Å². The fourth-order valence-corrected chi connectivity index (χ4v) is 3.70. The van der Waals surface area contributed by atoms with Crippen LogP contribution >= 0.6 is 22.7 Å². The van der Waals surface area contributed by atoms with Gasteiger partial charge in [-0.25, -0.2) is 4.98 Å². The van der Waals surface area contributed by atoms with Gasteiger partial charge in [0.15, 0.2) is 0 Å².